The van der Waals surface area contributed by atoms with Crippen molar-refractivity contribution in [3.05, 3.63) is 54.9 Å². The van der Waals surface area contributed by atoms with E-state index >= 15 is 0 Å². The van der Waals surface area contributed by atoms with Crippen LogP contribution >= 0.6 is 34.4 Å². The highest BCUT2D eigenvalue weighted by atomic mass is 127. The van der Waals surface area contributed by atoms with Crippen LogP contribution in [-0.4, -0.2) is 0 Å². The lowest BCUT2D eigenvalue weighted by molar-refractivity contribution is 0.571. The van der Waals surface area contributed by atoms with Crippen molar-refractivity contribution in [3.63, 3.8) is 0 Å². The third-order valence-corrected chi connectivity index (χ3v) is 5.13. The molecule has 118 valence electrons. The van der Waals surface area contributed by atoms with E-state index in [0.717, 1.165) is 11.3 Å². The first-order chi connectivity index (χ1) is 10.1. The minimum Gasteiger partial charge on any atom is -0.0914 e. The summed E-state index contributed by atoms with van der Waals surface area (Å²) >= 11 is 4.02. The lowest BCUT2D eigenvalue weighted by Gasteiger charge is -2.09. The molecule has 1 aromatic rings. The van der Waals surface area contributed by atoms with Crippen LogP contribution < -0.4 is 0 Å². The number of benzene rings is 1. The zero-order valence-electron chi connectivity index (χ0n) is 14.4. The molecule has 0 fully saturated rings. The van der Waals surface area contributed by atoms with E-state index in [2.05, 4.69) is 100 Å². The van der Waals surface area contributed by atoms with Crippen LogP contribution in [0.2, 0.25) is 0 Å². The molecule has 0 amide bonds. The number of hydrogen-bond donors (Lipinski definition) is 0. The second kappa shape index (κ2) is 8.26. The first kappa shape index (κ1) is 19.4. The number of rotatable bonds is 4. The summed E-state index contributed by atoms with van der Waals surface area (Å²) in [6.07, 6.45) is 0.983. The highest BCUT2D eigenvalue weighted by molar-refractivity contribution is 14.1. The number of thioether (sulfide) groups is 1. The fraction of sp³-hybridized carbons (Fsp3) is 0.400. The van der Waals surface area contributed by atoms with Crippen molar-refractivity contribution in [2.24, 2.45) is 5.41 Å². The Balaban J connectivity index is 2.73. The summed E-state index contributed by atoms with van der Waals surface area (Å²) in [5, 5.41) is 2.17. The Bertz CT molecular complexity index is 649. The molecule has 1 aromatic carbocycles. The van der Waals surface area contributed by atoms with Gasteiger partial charge in [-0.2, -0.15) is 0 Å². The second-order valence-corrected chi connectivity index (χ2v) is 8.84. The zero-order chi connectivity index (χ0) is 16.9. The highest BCUT2D eigenvalue weighted by Gasteiger charge is 2.05. The summed E-state index contributed by atoms with van der Waals surface area (Å²) < 4.78 is 1.33. The Labute approximate surface area is 154 Å². The molecule has 0 aliphatic heterocycles. The van der Waals surface area contributed by atoms with Crippen LogP contribution in [-0.2, 0) is 6.42 Å². The minimum atomic E-state index is 0.0259. The van der Waals surface area contributed by atoms with Gasteiger partial charge in [0, 0.05) is 8.99 Å². The Kier molecular flexibility index (Phi) is 7.28. The lowest BCUT2D eigenvalue weighted by Crippen LogP contribution is -1.99. The fourth-order valence-electron chi connectivity index (χ4n) is 1.83. The van der Waals surface area contributed by atoms with Gasteiger partial charge < -0.3 is 0 Å². The maximum absolute atomic E-state index is 4.02. The van der Waals surface area contributed by atoms with Crippen molar-refractivity contribution in [1.29, 1.82) is 0 Å². The maximum atomic E-state index is 4.02. The standard InChI is InChI=1S/C20H25IS/c1-14(13-22-17(4)8-9-20(5,6)7)10-18-11-16(3)19(21)12-15(18)2/h11-13H,4,10H2,1-3,5-7H3/b14-13+. The van der Waals surface area contributed by atoms with Gasteiger partial charge in [-0.05, 0) is 98.7 Å². The Hall–Kier alpha value is -0.660. The first-order valence-electron chi connectivity index (χ1n) is 7.38. The van der Waals surface area contributed by atoms with Gasteiger partial charge in [0.25, 0.3) is 0 Å². The van der Waals surface area contributed by atoms with E-state index in [0.29, 0.717) is 0 Å². The summed E-state index contributed by atoms with van der Waals surface area (Å²) in [4.78, 5) is 0.907. The summed E-state index contributed by atoms with van der Waals surface area (Å²) in [6, 6.07) is 4.56. The molecule has 1 rings (SSSR count). The van der Waals surface area contributed by atoms with Crippen molar-refractivity contribution in [2.75, 3.05) is 0 Å². The molecule has 0 aromatic heterocycles. The number of hydrogen-bond acceptors (Lipinski definition) is 1. The zero-order valence-corrected chi connectivity index (χ0v) is 17.4. The summed E-state index contributed by atoms with van der Waals surface area (Å²) in [5.74, 6) is 6.36. The van der Waals surface area contributed by atoms with Gasteiger partial charge in [-0.25, -0.2) is 0 Å². The summed E-state index contributed by atoms with van der Waals surface area (Å²) in [7, 11) is 0. The van der Waals surface area contributed by atoms with Gasteiger partial charge in [0.2, 0.25) is 0 Å². The Morgan fingerprint density at radius 3 is 2.50 bits per heavy atom. The molecule has 0 nitrogen and oxygen atoms in total. The van der Waals surface area contributed by atoms with Gasteiger partial charge in [-0.15, -0.1) is 0 Å². The lowest BCUT2D eigenvalue weighted by atomic mass is 9.98. The first-order valence-corrected chi connectivity index (χ1v) is 9.34. The molecular formula is C20H25IS. The minimum absolute atomic E-state index is 0.0259. The van der Waals surface area contributed by atoms with Gasteiger partial charge in [-0.3, -0.25) is 0 Å². The van der Waals surface area contributed by atoms with E-state index in [1.54, 1.807) is 11.8 Å². The highest BCUT2D eigenvalue weighted by Crippen LogP contribution is 2.23. The molecule has 0 bridgehead atoms. The van der Waals surface area contributed by atoms with Crippen molar-refractivity contribution in [3.8, 4) is 11.8 Å². The SMILES string of the molecule is C=C(C#CC(C)(C)C)S/C=C(\C)Cc1cc(C)c(I)cc1C. The molecule has 0 radical (unpaired) electrons. The number of halogens is 1. The fourth-order valence-corrected chi connectivity index (χ4v) is 2.99. The Morgan fingerprint density at radius 1 is 1.27 bits per heavy atom. The van der Waals surface area contributed by atoms with Crippen molar-refractivity contribution in [1.82, 2.24) is 0 Å². The second-order valence-electron chi connectivity index (χ2n) is 6.71. The molecule has 0 aliphatic rings. The van der Waals surface area contributed by atoms with E-state index in [1.807, 2.05) is 0 Å². The van der Waals surface area contributed by atoms with E-state index in [1.165, 1.54) is 25.8 Å². The molecule has 0 N–H and O–H groups in total. The topological polar surface area (TPSA) is 0 Å². The Morgan fingerprint density at radius 2 is 1.91 bits per heavy atom. The molecule has 0 unspecified atom stereocenters. The molecular weight excluding hydrogens is 399 g/mol. The van der Waals surface area contributed by atoms with Gasteiger partial charge in [0.15, 0.2) is 0 Å². The van der Waals surface area contributed by atoms with E-state index in [9.17, 15) is 0 Å². The molecule has 22 heavy (non-hydrogen) atoms. The number of allylic oxidation sites excluding steroid dienone is 2. The quantitative estimate of drug-likeness (QED) is 0.385. The summed E-state index contributed by atoms with van der Waals surface area (Å²) in [5.41, 5.74) is 5.48. The predicted octanol–water partition coefficient (Wildman–Crippen LogP) is 6.65. The molecule has 0 saturated carbocycles. The van der Waals surface area contributed by atoms with Crippen molar-refractivity contribution < 1.29 is 0 Å². The molecule has 0 spiro atoms. The van der Waals surface area contributed by atoms with Crippen LogP contribution in [0.15, 0.2) is 34.6 Å². The largest absolute Gasteiger partial charge is 0.0914 e. The van der Waals surface area contributed by atoms with Gasteiger partial charge in [0.1, 0.15) is 0 Å². The van der Waals surface area contributed by atoms with Crippen molar-refractivity contribution >= 4 is 34.4 Å². The van der Waals surface area contributed by atoms with Gasteiger partial charge in [0.05, 0.1) is 4.91 Å². The van der Waals surface area contributed by atoms with E-state index in [4.69, 9.17) is 0 Å². The molecule has 2 heteroatoms. The number of aryl methyl sites for hydroxylation is 2. The predicted molar refractivity (Wildman–Crippen MR) is 110 cm³/mol. The van der Waals surface area contributed by atoms with E-state index in [-0.39, 0.29) is 5.41 Å². The van der Waals surface area contributed by atoms with Crippen LogP contribution in [0, 0.1) is 34.7 Å². The van der Waals surface area contributed by atoms with Crippen LogP contribution in [0.25, 0.3) is 0 Å². The van der Waals surface area contributed by atoms with Crippen LogP contribution in [0.5, 0.6) is 0 Å². The van der Waals surface area contributed by atoms with Crippen LogP contribution in [0.4, 0.5) is 0 Å². The van der Waals surface area contributed by atoms with Gasteiger partial charge >= 0.3 is 0 Å². The van der Waals surface area contributed by atoms with Crippen LogP contribution in [0.1, 0.15) is 44.4 Å². The third-order valence-electron chi connectivity index (χ3n) is 3.07. The smallest absolute Gasteiger partial charge is 0.0543 e. The maximum Gasteiger partial charge on any atom is 0.0543 e. The third kappa shape index (κ3) is 7.07. The molecule has 0 atom stereocenters. The van der Waals surface area contributed by atoms with Crippen LogP contribution in [0.3, 0.4) is 0 Å². The average Bonchev–Trinajstić information content (AvgIpc) is 2.39. The summed E-state index contributed by atoms with van der Waals surface area (Å²) in [6.45, 7) is 16.9. The van der Waals surface area contributed by atoms with Crippen molar-refractivity contribution in [2.45, 2.75) is 48.0 Å². The normalized spacial score (nSPS) is 11.9. The molecule has 0 saturated heterocycles. The average molecular weight is 424 g/mol. The molecule has 0 heterocycles. The van der Waals surface area contributed by atoms with E-state index < -0.39 is 0 Å². The molecule has 0 aliphatic carbocycles. The van der Waals surface area contributed by atoms with Gasteiger partial charge in [-0.1, -0.05) is 41.8 Å². The monoisotopic (exact) mass is 424 g/mol.